The zero-order valence-corrected chi connectivity index (χ0v) is 18.7. The standard InChI is InChI=1S/C24H28N4O2S/c1-17-21(12-14-30-17)23-25-26-24(28(23)20-9-3-2-4-10-20)31-16-22(29)27-13-11-18-7-5-6-8-19(18)15-27/h2-4,9-10,12,14,18-19H,5-8,11,13,15-16H2,1H3/t18-,19-/m1/s1. The monoisotopic (exact) mass is 436 g/mol. The summed E-state index contributed by atoms with van der Waals surface area (Å²) in [4.78, 5) is 15.1. The van der Waals surface area contributed by atoms with E-state index in [4.69, 9.17) is 4.42 Å². The zero-order valence-electron chi connectivity index (χ0n) is 17.9. The van der Waals surface area contributed by atoms with Crippen molar-refractivity contribution in [2.24, 2.45) is 11.8 Å². The number of benzene rings is 1. The maximum Gasteiger partial charge on any atom is 0.233 e. The number of likely N-dealkylation sites (tertiary alicyclic amines) is 1. The predicted octanol–water partition coefficient (Wildman–Crippen LogP) is 4.97. The maximum atomic E-state index is 13.0. The Balaban J connectivity index is 1.34. The van der Waals surface area contributed by atoms with Crippen LogP contribution in [0.15, 0.2) is 52.2 Å². The Morgan fingerprint density at radius 2 is 1.90 bits per heavy atom. The quantitative estimate of drug-likeness (QED) is 0.529. The van der Waals surface area contributed by atoms with E-state index in [-0.39, 0.29) is 5.91 Å². The number of nitrogens with zero attached hydrogens (tertiary/aromatic N) is 4. The number of amides is 1. The highest BCUT2D eigenvalue weighted by Gasteiger charge is 2.33. The lowest BCUT2D eigenvalue weighted by atomic mass is 9.75. The molecule has 2 aliphatic rings. The lowest BCUT2D eigenvalue weighted by Crippen LogP contribution is -2.45. The van der Waals surface area contributed by atoms with Gasteiger partial charge in [-0.05, 0) is 49.8 Å². The first-order chi connectivity index (χ1) is 15.2. The van der Waals surface area contributed by atoms with Crippen molar-refractivity contribution in [3.63, 3.8) is 0 Å². The number of hydrogen-bond donors (Lipinski definition) is 0. The van der Waals surface area contributed by atoms with Crippen molar-refractivity contribution in [2.45, 2.75) is 44.2 Å². The molecule has 0 bridgehead atoms. The topological polar surface area (TPSA) is 64.2 Å². The highest BCUT2D eigenvalue weighted by Crippen LogP contribution is 2.36. The van der Waals surface area contributed by atoms with Crippen LogP contribution in [0.25, 0.3) is 17.1 Å². The number of carbonyl (C=O) groups excluding carboxylic acids is 1. The maximum absolute atomic E-state index is 13.0. The fraction of sp³-hybridized carbons (Fsp3) is 0.458. The Kier molecular flexibility index (Phi) is 5.85. The van der Waals surface area contributed by atoms with Gasteiger partial charge in [-0.1, -0.05) is 49.2 Å². The van der Waals surface area contributed by atoms with E-state index in [0.717, 1.165) is 53.4 Å². The average Bonchev–Trinajstić information content (AvgIpc) is 3.43. The van der Waals surface area contributed by atoms with Crippen LogP contribution in [-0.4, -0.2) is 44.4 Å². The number of rotatable bonds is 5. The first-order valence-electron chi connectivity index (χ1n) is 11.2. The molecule has 1 aliphatic carbocycles. The van der Waals surface area contributed by atoms with Crippen LogP contribution in [0.1, 0.15) is 37.9 Å². The number of para-hydroxylation sites is 1. The Bertz CT molecular complexity index is 1050. The molecule has 2 aromatic heterocycles. The van der Waals surface area contributed by atoms with E-state index in [1.165, 1.54) is 37.4 Å². The van der Waals surface area contributed by atoms with Gasteiger partial charge in [-0.3, -0.25) is 9.36 Å². The van der Waals surface area contributed by atoms with E-state index in [2.05, 4.69) is 15.1 Å². The predicted molar refractivity (Wildman–Crippen MR) is 121 cm³/mol. The van der Waals surface area contributed by atoms with Crippen molar-refractivity contribution in [3.05, 3.63) is 48.4 Å². The van der Waals surface area contributed by atoms with Crippen molar-refractivity contribution >= 4 is 17.7 Å². The molecule has 1 saturated heterocycles. The number of fused-ring (bicyclic) bond motifs is 1. The molecule has 5 rings (SSSR count). The van der Waals surface area contributed by atoms with Crippen LogP contribution in [-0.2, 0) is 4.79 Å². The SMILES string of the molecule is Cc1occc1-c1nnc(SCC(=O)N2CC[C@H]3CCCC[C@@H]3C2)n1-c1ccccc1. The van der Waals surface area contributed by atoms with Crippen molar-refractivity contribution in [1.29, 1.82) is 0 Å². The first-order valence-corrected chi connectivity index (χ1v) is 12.1. The van der Waals surface area contributed by atoms with Crippen LogP contribution in [0.4, 0.5) is 0 Å². The minimum Gasteiger partial charge on any atom is -0.469 e. The number of hydrogen-bond acceptors (Lipinski definition) is 5. The van der Waals surface area contributed by atoms with Crippen LogP contribution < -0.4 is 0 Å². The van der Waals surface area contributed by atoms with E-state index in [9.17, 15) is 4.79 Å². The molecule has 0 N–H and O–H groups in total. The van der Waals surface area contributed by atoms with Gasteiger partial charge in [0.1, 0.15) is 5.76 Å². The van der Waals surface area contributed by atoms with Gasteiger partial charge in [0.25, 0.3) is 0 Å². The molecule has 3 heterocycles. The van der Waals surface area contributed by atoms with Crippen LogP contribution in [0.2, 0.25) is 0 Å². The number of carbonyl (C=O) groups is 1. The molecule has 162 valence electrons. The second kappa shape index (κ2) is 8.91. The molecule has 6 nitrogen and oxygen atoms in total. The first kappa shape index (κ1) is 20.4. The third kappa shape index (κ3) is 4.15. The fourth-order valence-electron chi connectivity index (χ4n) is 5.01. The summed E-state index contributed by atoms with van der Waals surface area (Å²) in [5.74, 6) is 3.64. The van der Waals surface area contributed by atoms with Crippen molar-refractivity contribution in [2.75, 3.05) is 18.8 Å². The number of furan rings is 1. The second-order valence-electron chi connectivity index (χ2n) is 8.59. The molecule has 0 radical (unpaired) electrons. The van der Waals surface area contributed by atoms with Gasteiger partial charge in [0.15, 0.2) is 11.0 Å². The molecule has 1 saturated carbocycles. The van der Waals surface area contributed by atoms with Crippen LogP contribution in [0, 0.1) is 18.8 Å². The molecule has 1 aromatic carbocycles. The zero-order chi connectivity index (χ0) is 21.2. The molecule has 31 heavy (non-hydrogen) atoms. The molecule has 3 aromatic rings. The number of aryl methyl sites for hydroxylation is 1. The Labute approximate surface area is 187 Å². The van der Waals surface area contributed by atoms with Crippen molar-refractivity contribution in [1.82, 2.24) is 19.7 Å². The molecule has 1 aliphatic heterocycles. The Morgan fingerprint density at radius 1 is 1.10 bits per heavy atom. The van der Waals surface area contributed by atoms with Gasteiger partial charge >= 0.3 is 0 Å². The van der Waals surface area contributed by atoms with Gasteiger partial charge < -0.3 is 9.32 Å². The molecule has 2 atom stereocenters. The van der Waals surface area contributed by atoms with Crippen LogP contribution in [0.3, 0.4) is 0 Å². The van der Waals surface area contributed by atoms with Crippen molar-refractivity contribution < 1.29 is 9.21 Å². The Morgan fingerprint density at radius 3 is 2.68 bits per heavy atom. The minimum atomic E-state index is 0.206. The lowest BCUT2D eigenvalue weighted by Gasteiger charge is -2.41. The molecule has 7 heteroatoms. The summed E-state index contributed by atoms with van der Waals surface area (Å²) < 4.78 is 7.51. The number of piperidine rings is 1. The lowest BCUT2D eigenvalue weighted by molar-refractivity contribution is -0.131. The summed E-state index contributed by atoms with van der Waals surface area (Å²) in [7, 11) is 0. The van der Waals surface area contributed by atoms with Crippen LogP contribution >= 0.6 is 11.8 Å². The molecule has 1 amide bonds. The van der Waals surface area contributed by atoms with Gasteiger partial charge in [-0.25, -0.2) is 0 Å². The van der Waals surface area contributed by atoms with E-state index < -0.39 is 0 Å². The van der Waals surface area contributed by atoms with Gasteiger partial charge in [-0.15, -0.1) is 10.2 Å². The van der Waals surface area contributed by atoms with E-state index in [1.807, 2.05) is 47.9 Å². The van der Waals surface area contributed by atoms with E-state index in [0.29, 0.717) is 11.7 Å². The van der Waals surface area contributed by atoms with Gasteiger partial charge in [0.2, 0.25) is 5.91 Å². The summed E-state index contributed by atoms with van der Waals surface area (Å²) in [5.41, 5.74) is 1.88. The van der Waals surface area contributed by atoms with Crippen LogP contribution in [0.5, 0.6) is 0 Å². The number of thioether (sulfide) groups is 1. The fourth-order valence-corrected chi connectivity index (χ4v) is 5.86. The highest BCUT2D eigenvalue weighted by atomic mass is 32.2. The van der Waals surface area contributed by atoms with Gasteiger partial charge in [0, 0.05) is 18.8 Å². The molecular formula is C24H28N4O2S. The summed E-state index contributed by atoms with van der Waals surface area (Å²) in [6, 6.07) is 11.9. The molecule has 2 fully saturated rings. The second-order valence-corrected chi connectivity index (χ2v) is 9.53. The molecular weight excluding hydrogens is 408 g/mol. The minimum absolute atomic E-state index is 0.206. The summed E-state index contributed by atoms with van der Waals surface area (Å²) >= 11 is 1.46. The van der Waals surface area contributed by atoms with Gasteiger partial charge in [-0.2, -0.15) is 0 Å². The third-order valence-corrected chi connectivity index (χ3v) is 7.63. The van der Waals surface area contributed by atoms with E-state index in [1.54, 1.807) is 6.26 Å². The average molecular weight is 437 g/mol. The third-order valence-electron chi connectivity index (χ3n) is 6.72. The van der Waals surface area contributed by atoms with E-state index >= 15 is 0 Å². The summed E-state index contributed by atoms with van der Waals surface area (Å²) in [5, 5.41) is 9.61. The normalized spacial score (nSPS) is 21.1. The summed E-state index contributed by atoms with van der Waals surface area (Å²) in [6.07, 6.45) is 8.12. The Hall–Kier alpha value is -2.54. The van der Waals surface area contributed by atoms with Gasteiger partial charge in [0.05, 0.1) is 17.6 Å². The molecule has 0 spiro atoms. The van der Waals surface area contributed by atoms with Crippen molar-refractivity contribution in [3.8, 4) is 17.1 Å². The largest absolute Gasteiger partial charge is 0.469 e. The summed E-state index contributed by atoms with van der Waals surface area (Å²) in [6.45, 7) is 3.74. The smallest absolute Gasteiger partial charge is 0.233 e. The molecule has 0 unspecified atom stereocenters. The highest BCUT2D eigenvalue weighted by molar-refractivity contribution is 7.99. The number of aromatic nitrogens is 3.